The van der Waals surface area contributed by atoms with Crippen LogP contribution in [-0.2, 0) is 10.8 Å². The van der Waals surface area contributed by atoms with E-state index < -0.39 is 10.8 Å². The smallest absolute Gasteiger partial charge is 0.0715 e. The third-order valence-electron chi connectivity index (χ3n) is 16.3. The lowest BCUT2D eigenvalue weighted by Crippen LogP contribution is -2.29. The summed E-state index contributed by atoms with van der Waals surface area (Å²) >= 11 is 0. The molecule has 13 aromatic rings. The highest BCUT2D eigenvalue weighted by Crippen LogP contribution is 2.60. The van der Waals surface area contributed by atoms with Crippen molar-refractivity contribution < 1.29 is 0 Å². The van der Waals surface area contributed by atoms with E-state index >= 15 is 0 Å². The van der Waals surface area contributed by atoms with Crippen LogP contribution in [0.3, 0.4) is 0 Å². The van der Waals surface area contributed by atoms with Gasteiger partial charge in [-0.05, 0) is 138 Å². The number of benzene rings is 12. The van der Waals surface area contributed by atoms with E-state index in [1.165, 1.54) is 99.3 Å². The molecule has 0 aliphatic heterocycles. The first kappa shape index (κ1) is 42.2. The highest BCUT2D eigenvalue weighted by atomic mass is 15.1. The van der Waals surface area contributed by atoms with E-state index in [0.717, 1.165) is 22.7 Å². The maximum absolute atomic E-state index is 2.51. The highest BCUT2D eigenvalue weighted by molar-refractivity contribution is 6.10. The SMILES string of the molecule is c1ccc(-n2c3ccccc3c3ccc(C4(c5ccccc5)c5ccccc5-c5ccc(N(c6ccc7c(c6)C(c6ccccc6)(c6ccccc6)c6ccccc6-7)c6ccc7ccccc7c6)cc54)cc32)cc1. The van der Waals surface area contributed by atoms with E-state index in [0.29, 0.717) is 0 Å². The number of rotatable bonds is 8. The van der Waals surface area contributed by atoms with Crippen molar-refractivity contribution in [2.75, 3.05) is 4.90 Å². The number of hydrogen-bond acceptors (Lipinski definition) is 1. The van der Waals surface area contributed by atoms with Gasteiger partial charge in [-0.2, -0.15) is 0 Å². The molecule has 0 bridgehead atoms. The summed E-state index contributed by atoms with van der Waals surface area (Å²) in [4.78, 5) is 2.51. The van der Waals surface area contributed by atoms with Gasteiger partial charge < -0.3 is 9.47 Å². The molecule has 1 unspecified atom stereocenters. The van der Waals surface area contributed by atoms with Gasteiger partial charge in [0.1, 0.15) is 0 Å². The predicted molar refractivity (Wildman–Crippen MR) is 308 cm³/mol. The van der Waals surface area contributed by atoms with E-state index in [4.69, 9.17) is 0 Å². The van der Waals surface area contributed by atoms with Gasteiger partial charge in [-0.1, -0.05) is 231 Å². The summed E-state index contributed by atoms with van der Waals surface area (Å²) < 4.78 is 2.45. The fourth-order valence-electron chi connectivity index (χ4n) is 13.3. The van der Waals surface area contributed by atoms with Crippen molar-refractivity contribution >= 4 is 49.6 Å². The summed E-state index contributed by atoms with van der Waals surface area (Å²) in [6.07, 6.45) is 0. The first-order valence-electron chi connectivity index (χ1n) is 25.7. The quantitative estimate of drug-likeness (QED) is 0.147. The van der Waals surface area contributed by atoms with Gasteiger partial charge in [-0.3, -0.25) is 0 Å². The molecule has 2 heteroatoms. The zero-order valence-electron chi connectivity index (χ0n) is 40.6. The van der Waals surface area contributed by atoms with Crippen LogP contribution in [0, 0.1) is 0 Å². The molecule has 0 saturated carbocycles. The summed E-state index contributed by atoms with van der Waals surface area (Å²) in [5.74, 6) is 0. The van der Waals surface area contributed by atoms with Crippen LogP contribution in [0.4, 0.5) is 17.1 Å². The van der Waals surface area contributed by atoms with Gasteiger partial charge >= 0.3 is 0 Å². The summed E-state index contributed by atoms with van der Waals surface area (Å²) in [6.45, 7) is 0. The van der Waals surface area contributed by atoms with Gasteiger partial charge in [0.15, 0.2) is 0 Å². The molecule has 2 aliphatic carbocycles. The summed E-state index contributed by atoms with van der Waals surface area (Å²) in [5, 5.41) is 4.89. The Labute approximate surface area is 431 Å². The molecule has 2 aliphatic rings. The average molecular weight is 941 g/mol. The minimum absolute atomic E-state index is 0.553. The van der Waals surface area contributed by atoms with Crippen LogP contribution in [0.2, 0.25) is 0 Å². The standard InChI is InChI=1S/C72H48N2/c1-5-23-51(24-6-1)71(52-25-7-2-8-26-52)65-34-18-15-31-59(65)61-43-40-57(47-67(61)71)73(56-39-37-49-21-13-14-22-50(49)45-56)58-41-44-62-60-32-16-19-35-66(60)72(68(62)48-58,53-27-9-3-10-28-53)54-38-42-64-63-33-17-20-36-69(63)74(70(64)46-54)55-29-11-4-12-30-55/h1-48H. The molecule has 0 radical (unpaired) electrons. The Hall–Kier alpha value is -9.50. The Morgan fingerprint density at radius 3 is 1.28 bits per heavy atom. The van der Waals surface area contributed by atoms with Crippen molar-refractivity contribution in [3.05, 3.63) is 336 Å². The molecule has 12 aromatic carbocycles. The molecule has 346 valence electrons. The first-order valence-corrected chi connectivity index (χ1v) is 25.7. The van der Waals surface area contributed by atoms with Gasteiger partial charge in [0, 0.05) is 33.5 Å². The average Bonchev–Trinajstić information content (AvgIpc) is 4.10. The van der Waals surface area contributed by atoms with Gasteiger partial charge in [0.2, 0.25) is 0 Å². The molecule has 0 N–H and O–H groups in total. The molecule has 0 amide bonds. The van der Waals surface area contributed by atoms with Gasteiger partial charge in [-0.25, -0.2) is 0 Å². The molecular formula is C72H48N2. The lowest BCUT2D eigenvalue weighted by atomic mass is 9.67. The second-order valence-corrected chi connectivity index (χ2v) is 19.9. The lowest BCUT2D eigenvalue weighted by Gasteiger charge is -2.36. The Morgan fingerprint density at radius 1 is 0.257 bits per heavy atom. The topological polar surface area (TPSA) is 8.17 Å². The predicted octanol–water partition coefficient (Wildman–Crippen LogP) is 18.1. The number of para-hydroxylation sites is 2. The minimum atomic E-state index is -0.667. The Balaban J connectivity index is 1.01. The fourth-order valence-corrected chi connectivity index (χ4v) is 13.3. The molecule has 1 heterocycles. The van der Waals surface area contributed by atoms with Gasteiger partial charge in [0.05, 0.1) is 21.9 Å². The third kappa shape index (κ3) is 6.00. The second kappa shape index (κ2) is 16.5. The van der Waals surface area contributed by atoms with Crippen molar-refractivity contribution in [2.45, 2.75) is 10.8 Å². The Bertz CT molecular complexity index is 4270. The van der Waals surface area contributed by atoms with Crippen molar-refractivity contribution in [1.29, 1.82) is 0 Å². The number of nitrogens with zero attached hydrogens (tertiary/aromatic N) is 2. The Kier molecular flexibility index (Phi) is 9.43. The molecule has 15 rings (SSSR count). The monoisotopic (exact) mass is 940 g/mol. The summed E-state index contributed by atoms with van der Waals surface area (Å²) in [5.41, 5.74) is 20.7. The van der Waals surface area contributed by atoms with Crippen LogP contribution in [0.1, 0.15) is 44.5 Å². The van der Waals surface area contributed by atoms with E-state index in [1.807, 2.05) is 0 Å². The maximum atomic E-state index is 2.51. The number of fused-ring (bicyclic) bond motifs is 10. The normalized spacial score (nSPS) is 14.9. The van der Waals surface area contributed by atoms with Gasteiger partial charge in [-0.15, -0.1) is 0 Å². The largest absolute Gasteiger partial charge is 0.310 e. The molecule has 2 nitrogen and oxygen atoms in total. The summed E-state index contributed by atoms with van der Waals surface area (Å²) in [7, 11) is 0. The first-order chi connectivity index (χ1) is 36.7. The Morgan fingerprint density at radius 2 is 0.689 bits per heavy atom. The number of hydrogen-bond donors (Lipinski definition) is 0. The van der Waals surface area contributed by atoms with Crippen molar-refractivity contribution in [1.82, 2.24) is 4.57 Å². The van der Waals surface area contributed by atoms with Crippen LogP contribution in [0.25, 0.3) is 60.5 Å². The van der Waals surface area contributed by atoms with Crippen LogP contribution < -0.4 is 4.90 Å². The third-order valence-corrected chi connectivity index (χ3v) is 16.3. The van der Waals surface area contributed by atoms with Crippen molar-refractivity contribution in [3.63, 3.8) is 0 Å². The second-order valence-electron chi connectivity index (χ2n) is 19.9. The number of anilines is 3. The van der Waals surface area contributed by atoms with E-state index in [2.05, 4.69) is 301 Å². The zero-order chi connectivity index (χ0) is 48.8. The molecule has 0 spiro atoms. The van der Waals surface area contributed by atoms with Crippen LogP contribution in [0.5, 0.6) is 0 Å². The van der Waals surface area contributed by atoms with Crippen LogP contribution in [0.15, 0.2) is 291 Å². The summed E-state index contributed by atoms with van der Waals surface area (Å²) in [6, 6.07) is 109. The minimum Gasteiger partial charge on any atom is -0.310 e. The highest BCUT2D eigenvalue weighted by Gasteiger charge is 2.48. The molecule has 1 atom stereocenters. The lowest BCUT2D eigenvalue weighted by molar-refractivity contribution is 0.768. The fraction of sp³-hybridized carbons (Fsp3) is 0.0278. The van der Waals surface area contributed by atoms with E-state index in [-0.39, 0.29) is 0 Å². The molecule has 0 saturated heterocycles. The molecule has 0 fully saturated rings. The molecule has 74 heavy (non-hydrogen) atoms. The van der Waals surface area contributed by atoms with Crippen LogP contribution >= 0.6 is 0 Å². The number of aromatic nitrogens is 1. The van der Waals surface area contributed by atoms with Gasteiger partial charge in [0.25, 0.3) is 0 Å². The van der Waals surface area contributed by atoms with Crippen molar-refractivity contribution in [3.8, 4) is 27.9 Å². The van der Waals surface area contributed by atoms with Crippen LogP contribution in [-0.4, -0.2) is 4.57 Å². The zero-order valence-corrected chi connectivity index (χ0v) is 40.6. The maximum Gasteiger partial charge on any atom is 0.0715 e. The molecule has 1 aromatic heterocycles. The van der Waals surface area contributed by atoms with E-state index in [9.17, 15) is 0 Å². The van der Waals surface area contributed by atoms with Crippen molar-refractivity contribution in [2.24, 2.45) is 0 Å². The molecular weight excluding hydrogens is 893 g/mol. The van der Waals surface area contributed by atoms with E-state index in [1.54, 1.807) is 0 Å².